The summed E-state index contributed by atoms with van der Waals surface area (Å²) in [6.07, 6.45) is 2.05. The Hall–Kier alpha value is -0.240. The lowest BCUT2D eigenvalue weighted by atomic mass is 10.0. The Morgan fingerprint density at radius 3 is 2.80 bits per heavy atom. The molecule has 0 saturated carbocycles. The van der Waals surface area contributed by atoms with E-state index in [2.05, 4.69) is 24.9 Å². The van der Waals surface area contributed by atoms with Crippen molar-refractivity contribution in [3.8, 4) is 0 Å². The summed E-state index contributed by atoms with van der Waals surface area (Å²) in [4.78, 5) is 2.37. The molecule has 0 N–H and O–H groups in total. The fraction of sp³-hybridized carbons (Fsp3) is 0.500. The van der Waals surface area contributed by atoms with Gasteiger partial charge >= 0.3 is 0 Å². The van der Waals surface area contributed by atoms with Crippen molar-refractivity contribution in [2.75, 3.05) is 13.6 Å². The van der Waals surface area contributed by atoms with Crippen molar-refractivity contribution >= 4 is 23.2 Å². The van der Waals surface area contributed by atoms with Crippen LogP contribution >= 0.6 is 23.2 Å². The van der Waals surface area contributed by atoms with E-state index >= 15 is 0 Å². The summed E-state index contributed by atoms with van der Waals surface area (Å²) in [7, 11) is 2.16. The van der Waals surface area contributed by atoms with Crippen LogP contribution in [0.2, 0.25) is 10.0 Å². The zero-order valence-electron chi connectivity index (χ0n) is 9.06. The molecule has 0 spiro atoms. The van der Waals surface area contributed by atoms with Gasteiger partial charge in [0.15, 0.2) is 0 Å². The van der Waals surface area contributed by atoms with Gasteiger partial charge in [0.1, 0.15) is 0 Å². The molecule has 3 heteroatoms. The first-order chi connectivity index (χ1) is 7.09. The molecule has 0 radical (unpaired) electrons. The molecule has 1 aliphatic rings. The third kappa shape index (κ3) is 2.15. The Labute approximate surface area is 101 Å². The highest BCUT2D eigenvalue weighted by Crippen LogP contribution is 2.31. The molecule has 1 nitrogen and oxygen atoms in total. The fourth-order valence-electron chi connectivity index (χ4n) is 2.06. The number of rotatable bonds is 0. The number of likely N-dealkylation sites (N-methyl/N-ethyl adjacent to an activating group) is 1. The second-order valence-corrected chi connectivity index (χ2v) is 5.07. The van der Waals surface area contributed by atoms with Crippen LogP contribution in [0.15, 0.2) is 12.1 Å². The van der Waals surface area contributed by atoms with Gasteiger partial charge in [0.25, 0.3) is 0 Å². The van der Waals surface area contributed by atoms with Crippen LogP contribution in [0.25, 0.3) is 0 Å². The molecule has 1 atom stereocenters. The van der Waals surface area contributed by atoms with E-state index in [0.29, 0.717) is 11.1 Å². The van der Waals surface area contributed by atoms with E-state index < -0.39 is 0 Å². The lowest BCUT2D eigenvalue weighted by Gasteiger charge is -2.21. The molecule has 1 unspecified atom stereocenters. The molecule has 1 aromatic rings. The van der Waals surface area contributed by atoms with Crippen LogP contribution in [-0.2, 0) is 12.8 Å². The van der Waals surface area contributed by atoms with Crippen LogP contribution in [-0.4, -0.2) is 24.5 Å². The third-order valence-electron chi connectivity index (χ3n) is 3.28. The van der Waals surface area contributed by atoms with Crippen molar-refractivity contribution < 1.29 is 0 Å². The third-order valence-corrected chi connectivity index (χ3v) is 4.12. The van der Waals surface area contributed by atoms with Crippen molar-refractivity contribution in [1.82, 2.24) is 4.90 Å². The Bertz CT molecular complexity index is 376. The molecule has 1 aliphatic heterocycles. The van der Waals surface area contributed by atoms with Crippen molar-refractivity contribution in [3.63, 3.8) is 0 Å². The lowest BCUT2D eigenvalue weighted by Crippen LogP contribution is -2.30. The summed E-state index contributed by atoms with van der Waals surface area (Å²) < 4.78 is 0. The van der Waals surface area contributed by atoms with Gasteiger partial charge in [-0.15, -0.1) is 0 Å². The molecule has 1 aromatic carbocycles. The van der Waals surface area contributed by atoms with Crippen molar-refractivity contribution in [2.45, 2.75) is 25.8 Å². The average molecular weight is 244 g/mol. The van der Waals surface area contributed by atoms with Gasteiger partial charge in [-0.3, -0.25) is 0 Å². The molecule has 0 bridgehead atoms. The zero-order chi connectivity index (χ0) is 11.0. The number of fused-ring (bicyclic) bond motifs is 1. The smallest absolute Gasteiger partial charge is 0.0627 e. The number of halogens is 2. The van der Waals surface area contributed by atoms with Crippen molar-refractivity contribution in [2.24, 2.45) is 0 Å². The maximum atomic E-state index is 6.25. The van der Waals surface area contributed by atoms with Gasteiger partial charge in [-0.25, -0.2) is 0 Å². The normalized spacial score (nSPS) is 22.3. The Kier molecular flexibility index (Phi) is 3.24. The van der Waals surface area contributed by atoms with Gasteiger partial charge in [0.2, 0.25) is 0 Å². The van der Waals surface area contributed by atoms with Crippen LogP contribution in [0, 0.1) is 0 Å². The Morgan fingerprint density at radius 2 is 2.07 bits per heavy atom. The highest BCUT2D eigenvalue weighted by Gasteiger charge is 2.20. The summed E-state index contributed by atoms with van der Waals surface area (Å²) in [5.74, 6) is 0. The predicted octanol–water partition coefficient (Wildman–Crippen LogP) is 3.41. The molecule has 82 valence electrons. The highest BCUT2D eigenvalue weighted by atomic mass is 35.5. The van der Waals surface area contributed by atoms with Gasteiger partial charge in [0, 0.05) is 12.6 Å². The van der Waals surface area contributed by atoms with E-state index in [1.165, 1.54) is 11.1 Å². The molecule has 0 aliphatic carbocycles. The lowest BCUT2D eigenvalue weighted by molar-refractivity contribution is 0.268. The SMILES string of the molecule is CC1Cc2c(ccc(Cl)c2Cl)CCN1C. The molecular formula is C12H15Cl2N. The van der Waals surface area contributed by atoms with Crippen LogP contribution < -0.4 is 0 Å². The first-order valence-electron chi connectivity index (χ1n) is 5.25. The summed E-state index contributed by atoms with van der Waals surface area (Å²) >= 11 is 12.3. The largest absolute Gasteiger partial charge is 0.303 e. The standard InChI is InChI=1S/C12H15Cl2N/c1-8-7-10-9(5-6-15(8)2)3-4-11(13)12(10)14/h3-4,8H,5-7H2,1-2H3. The molecular weight excluding hydrogens is 229 g/mol. The minimum absolute atomic E-state index is 0.530. The van der Waals surface area contributed by atoms with E-state index in [-0.39, 0.29) is 0 Å². The molecule has 0 amide bonds. The maximum Gasteiger partial charge on any atom is 0.0627 e. The molecule has 2 rings (SSSR count). The first kappa shape index (κ1) is 11.3. The van der Waals surface area contributed by atoms with E-state index in [9.17, 15) is 0 Å². The highest BCUT2D eigenvalue weighted by molar-refractivity contribution is 6.42. The first-order valence-corrected chi connectivity index (χ1v) is 6.01. The van der Waals surface area contributed by atoms with Crippen LogP contribution in [0.5, 0.6) is 0 Å². The maximum absolute atomic E-state index is 6.25. The molecule has 1 heterocycles. The van der Waals surface area contributed by atoms with Crippen LogP contribution in [0.3, 0.4) is 0 Å². The van der Waals surface area contributed by atoms with Gasteiger partial charge in [-0.05, 0) is 44.0 Å². The molecule has 15 heavy (non-hydrogen) atoms. The minimum atomic E-state index is 0.530. The monoisotopic (exact) mass is 243 g/mol. The Balaban J connectivity index is 2.44. The van der Waals surface area contributed by atoms with Gasteiger partial charge in [-0.1, -0.05) is 29.3 Å². The fourth-order valence-corrected chi connectivity index (χ4v) is 2.49. The second-order valence-electron chi connectivity index (χ2n) is 4.28. The van der Waals surface area contributed by atoms with E-state index in [1.54, 1.807) is 0 Å². The quantitative estimate of drug-likeness (QED) is 0.676. The van der Waals surface area contributed by atoms with Gasteiger partial charge in [-0.2, -0.15) is 0 Å². The predicted molar refractivity (Wildman–Crippen MR) is 66.0 cm³/mol. The van der Waals surface area contributed by atoms with E-state index in [1.807, 2.05) is 6.07 Å². The summed E-state index contributed by atoms with van der Waals surface area (Å²) in [5, 5.41) is 1.42. The summed E-state index contributed by atoms with van der Waals surface area (Å²) in [6, 6.07) is 4.54. The Morgan fingerprint density at radius 1 is 1.33 bits per heavy atom. The summed E-state index contributed by atoms with van der Waals surface area (Å²) in [6.45, 7) is 3.32. The van der Waals surface area contributed by atoms with E-state index in [4.69, 9.17) is 23.2 Å². The van der Waals surface area contributed by atoms with Crippen LogP contribution in [0.4, 0.5) is 0 Å². The number of hydrogen-bond acceptors (Lipinski definition) is 1. The number of nitrogens with zero attached hydrogens (tertiary/aromatic N) is 1. The second kappa shape index (κ2) is 4.32. The van der Waals surface area contributed by atoms with Crippen molar-refractivity contribution in [3.05, 3.63) is 33.3 Å². The zero-order valence-corrected chi connectivity index (χ0v) is 10.6. The minimum Gasteiger partial charge on any atom is -0.303 e. The van der Waals surface area contributed by atoms with Gasteiger partial charge in [0.05, 0.1) is 10.0 Å². The van der Waals surface area contributed by atoms with Gasteiger partial charge < -0.3 is 4.90 Å². The molecule has 0 aromatic heterocycles. The number of hydrogen-bond donors (Lipinski definition) is 0. The average Bonchev–Trinajstić information content (AvgIpc) is 2.35. The van der Waals surface area contributed by atoms with E-state index in [0.717, 1.165) is 24.4 Å². The molecule has 0 saturated heterocycles. The summed E-state index contributed by atoms with van der Waals surface area (Å²) in [5.41, 5.74) is 2.58. The molecule has 0 fully saturated rings. The van der Waals surface area contributed by atoms with Crippen LogP contribution in [0.1, 0.15) is 18.1 Å². The van der Waals surface area contributed by atoms with Crippen molar-refractivity contribution in [1.29, 1.82) is 0 Å². The topological polar surface area (TPSA) is 3.24 Å². The number of benzene rings is 1.